The first-order valence-electron chi connectivity index (χ1n) is 10.4. The molecule has 0 saturated carbocycles. The van der Waals surface area contributed by atoms with Crippen LogP contribution in [0.1, 0.15) is 34.8 Å². The van der Waals surface area contributed by atoms with Gasteiger partial charge in [0.05, 0.1) is 11.7 Å². The standard InChI is InChI=1S/C25H28N4O/c1-19-23-16-20(17-26-25(23)28(2)27-19)18-29(14-9-15-30)24(21-10-5-3-6-11-21)22-12-7-4-8-13-22/h3-8,10-13,16-17,24,30H,9,14-15,18H2,1-2H3. The fourth-order valence-corrected chi connectivity index (χ4v) is 4.13. The van der Waals surface area contributed by atoms with E-state index in [1.54, 1.807) is 0 Å². The molecule has 0 atom stereocenters. The molecule has 0 amide bonds. The molecule has 5 nitrogen and oxygen atoms in total. The first-order chi connectivity index (χ1) is 14.7. The first kappa shape index (κ1) is 20.3. The van der Waals surface area contributed by atoms with Crippen LogP contribution >= 0.6 is 0 Å². The lowest BCUT2D eigenvalue weighted by molar-refractivity contribution is 0.186. The van der Waals surface area contributed by atoms with E-state index < -0.39 is 0 Å². The molecule has 0 radical (unpaired) electrons. The quantitative estimate of drug-likeness (QED) is 0.480. The Morgan fingerprint density at radius 3 is 2.23 bits per heavy atom. The highest BCUT2D eigenvalue weighted by Gasteiger charge is 2.22. The van der Waals surface area contributed by atoms with Crippen LogP contribution in [0.15, 0.2) is 72.9 Å². The fraction of sp³-hybridized carbons (Fsp3) is 0.280. The van der Waals surface area contributed by atoms with Crippen molar-refractivity contribution < 1.29 is 5.11 Å². The number of aliphatic hydroxyl groups excluding tert-OH is 1. The molecule has 0 spiro atoms. The Balaban J connectivity index is 1.73. The highest BCUT2D eigenvalue weighted by atomic mass is 16.3. The molecule has 4 rings (SSSR count). The van der Waals surface area contributed by atoms with Crippen molar-refractivity contribution in [2.24, 2.45) is 7.05 Å². The number of hydrogen-bond acceptors (Lipinski definition) is 4. The smallest absolute Gasteiger partial charge is 0.157 e. The minimum atomic E-state index is 0.102. The monoisotopic (exact) mass is 400 g/mol. The third-order valence-electron chi connectivity index (χ3n) is 5.50. The summed E-state index contributed by atoms with van der Waals surface area (Å²) in [5.41, 5.74) is 5.53. The lowest BCUT2D eigenvalue weighted by atomic mass is 9.96. The largest absolute Gasteiger partial charge is 0.396 e. The third kappa shape index (κ3) is 4.27. The minimum absolute atomic E-state index is 0.102. The Morgan fingerprint density at radius 1 is 1.00 bits per heavy atom. The van der Waals surface area contributed by atoms with Gasteiger partial charge in [0, 0.05) is 38.3 Å². The van der Waals surface area contributed by atoms with Crippen LogP contribution in [-0.4, -0.2) is 37.9 Å². The minimum Gasteiger partial charge on any atom is -0.396 e. The Bertz CT molecular complexity index is 1050. The molecule has 2 heterocycles. The number of aromatic nitrogens is 3. The lowest BCUT2D eigenvalue weighted by Gasteiger charge is -2.32. The van der Waals surface area contributed by atoms with Crippen molar-refractivity contribution >= 4 is 11.0 Å². The van der Waals surface area contributed by atoms with Crippen LogP contribution in [0.2, 0.25) is 0 Å². The predicted octanol–water partition coefficient (Wildman–Crippen LogP) is 4.25. The molecule has 0 fully saturated rings. The van der Waals surface area contributed by atoms with E-state index in [0.717, 1.165) is 41.8 Å². The van der Waals surface area contributed by atoms with E-state index in [1.165, 1.54) is 11.1 Å². The average molecular weight is 401 g/mol. The van der Waals surface area contributed by atoms with Gasteiger partial charge in [-0.25, -0.2) is 4.98 Å². The van der Waals surface area contributed by atoms with Crippen LogP contribution in [-0.2, 0) is 13.6 Å². The number of fused-ring (bicyclic) bond motifs is 1. The highest BCUT2D eigenvalue weighted by Crippen LogP contribution is 2.30. The number of hydrogen-bond donors (Lipinski definition) is 1. The van der Waals surface area contributed by atoms with Gasteiger partial charge < -0.3 is 5.11 Å². The maximum absolute atomic E-state index is 9.53. The Hall–Kier alpha value is -3.02. The second-order valence-electron chi connectivity index (χ2n) is 7.70. The summed E-state index contributed by atoms with van der Waals surface area (Å²) in [5.74, 6) is 0. The van der Waals surface area contributed by atoms with Crippen LogP contribution in [0.5, 0.6) is 0 Å². The van der Waals surface area contributed by atoms with E-state index in [4.69, 9.17) is 0 Å². The molecule has 0 aliphatic heterocycles. The Labute approximate surface area is 177 Å². The number of aliphatic hydroxyl groups is 1. The van der Waals surface area contributed by atoms with E-state index in [2.05, 4.69) is 69.6 Å². The van der Waals surface area contributed by atoms with Crippen molar-refractivity contribution in [2.45, 2.75) is 25.9 Å². The molecule has 0 unspecified atom stereocenters. The Morgan fingerprint density at radius 2 is 1.63 bits per heavy atom. The van der Waals surface area contributed by atoms with E-state index in [1.807, 2.05) is 37.0 Å². The zero-order valence-electron chi connectivity index (χ0n) is 17.6. The maximum Gasteiger partial charge on any atom is 0.157 e. The molecule has 30 heavy (non-hydrogen) atoms. The summed E-state index contributed by atoms with van der Waals surface area (Å²) in [4.78, 5) is 7.09. The molecule has 154 valence electrons. The van der Waals surface area contributed by atoms with Crippen LogP contribution < -0.4 is 0 Å². The molecule has 5 heteroatoms. The zero-order valence-corrected chi connectivity index (χ0v) is 17.6. The first-order valence-corrected chi connectivity index (χ1v) is 10.4. The van der Waals surface area contributed by atoms with Gasteiger partial charge in [0.1, 0.15) is 0 Å². The predicted molar refractivity (Wildman–Crippen MR) is 120 cm³/mol. The van der Waals surface area contributed by atoms with Crippen molar-refractivity contribution in [2.75, 3.05) is 13.2 Å². The van der Waals surface area contributed by atoms with Crippen LogP contribution in [0, 0.1) is 6.92 Å². The summed E-state index contributed by atoms with van der Waals surface area (Å²) in [6.45, 7) is 3.72. The van der Waals surface area contributed by atoms with Gasteiger partial charge in [0.25, 0.3) is 0 Å². The number of aryl methyl sites for hydroxylation is 2. The molecule has 0 aliphatic carbocycles. The summed E-state index contributed by atoms with van der Waals surface area (Å²) in [6.07, 6.45) is 2.67. The van der Waals surface area contributed by atoms with Gasteiger partial charge in [-0.15, -0.1) is 0 Å². The average Bonchev–Trinajstić information content (AvgIpc) is 3.06. The molecule has 2 aromatic heterocycles. The Kier molecular flexibility index (Phi) is 6.21. The van der Waals surface area contributed by atoms with E-state index >= 15 is 0 Å². The van der Waals surface area contributed by atoms with E-state index in [0.29, 0.717) is 0 Å². The van der Waals surface area contributed by atoms with Crippen molar-refractivity contribution in [3.05, 3.63) is 95.3 Å². The van der Waals surface area contributed by atoms with Crippen molar-refractivity contribution in [1.82, 2.24) is 19.7 Å². The summed E-state index contributed by atoms with van der Waals surface area (Å²) in [7, 11) is 1.93. The van der Waals surface area contributed by atoms with Gasteiger partial charge in [0.2, 0.25) is 0 Å². The van der Waals surface area contributed by atoms with Crippen molar-refractivity contribution in [1.29, 1.82) is 0 Å². The maximum atomic E-state index is 9.53. The zero-order chi connectivity index (χ0) is 20.9. The van der Waals surface area contributed by atoms with Gasteiger partial charge in [-0.05, 0) is 36.1 Å². The normalized spacial score (nSPS) is 11.6. The summed E-state index contributed by atoms with van der Waals surface area (Å²) >= 11 is 0. The second kappa shape index (κ2) is 9.20. The second-order valence-corrected chi connectivity index (χ2v) is 7.70. The molecule has 1 N–H and O–H groups in total. The van der Waals surface area contributed by atoms with Gasteiger partial charge in [0.15, 0.2) is 5.65 Å². The van der Waals surface area contributed by atoms with Gasteiger partial charge in [-0.1, -0.05) is 60.7 Å². The third-order valence-corrected chi connectivity index (χ3v) is 5.50. The molecular weight excluding hydrogens is 372 g/mol. The summed E-state index contributed by atoms with van der Waals surface area (Å²) < 4.78 is 1.83. The number of rotatable bonds is 8. The SMILES string of the molecule is Cc1nn(C)c2ncc(CN(CCCO)C(c3ccccc3)c3ccccc3)cc12. The van der Waals surface area contributed by atoms with Gasteiger partial charge in [-0.2, -0.15) is 5.10 Å². The van der Waals surface area contributed by atoms with Gasteiger partial charge in [-0.3, -0.25) is 9.58 Å². The van der Waals surface area contributed by atoms with E-state index in [9.17, 15) is 5.11 Å². The van der Waals surface area contributed by atoms with Crippen LogP contribution in [0.3, 0.4) is 0 Å². The van der Waals surface area contributed by atoms with Crippen LogP contribution in [0.4, 0.5) is 0 Å². The van der Waals surface area contributed by atoms with Crippen LogP contribution in [0.25, 0.3) is 11.0 Å². The summed E-state index contributed by atoms with van der Waals surface area (Å²) in [6, 6.07) is 23.4. The van der Waals surface area contributed by atoms with Crippen molar-refractivity contribution in [3.8, 4) is 0 Å². The number of nitrogens with zero attached hydrogens (tertiary/aromatic N) is 4. The molecule has 0 saturated heterocycles. The number of pyridine rings is 1. The lowest BCUT2D eigenvalue weighted by Crippen LogP contribution is -2.31. The topological polar surface area (TPSA) is 54.2 Å². The fourth-order valence-electron chi connectivity index (χ4n) is 4.13. The molecule has 0 bridgehead atoms. The highest BCUT2D eigenvalue weighted by molar-refractivity contribution is 5.78. The molecule has 4 aromatic rings. The molecule has 0 aliphatic rings. The van der Waals surface area contributed by atoms with Gasteiger partial charge >= 0.3 is 0 Å². The molecular formula is C25H28N4O. The van der Waals surface area contributed by atoms with Crippen molar-refractivity contribution in [3.63, 3.8) is 0 Å². The number of benzene rings is 2. The summed E-state index contributed by atoms with van der Waals surface area (Å²) in [5, 5.41) is 15.1. The van der Waals surface area contributed by atoms with E-state index in [-0.39, 0.29) is 12.6 Å². The molecule has 2 aromatic carbocycles.